The van der Waals surface area contributed by atoms with Crippen LogP contribution in [-0.4, -0.2) is 5.88 Å². The topological polar surface area (TPSA) is 0 Å². The van der Waals surface area contributed by atoms with E-state index in [-0.39, 0.29) is 0 Å². The van der Waals surface area contributed by atoms with E-state index in [1.807, 2.05) is 0 Å². The lowest BCUT2D eigenvalue weighted by atomic mass is 10.4. The minimum absolute atomic E-state index is 0.691. The van der Waals surface area contributed by atoms with E-state index in [0.29, 0.717) is 12.3 Å². The maximum absolute atomic E-state index is 5.22. The molecule has 0 aromatic heterocycles. The predicted octanol–water partition coefficient (Wildman–Crippen LogP) is 1.72. The molecule has 0 atom stereocenters. The van der Waals surface area contributed by atoms with E-state index in [2.05, 4.69) is 0 Å². The Labute approximate surface area is 38.1 Å². The van der Waals surface area contributed by atoms with Crippen molar-refractivity contribution in [2.75, 3.05) is 5.88 Å². The summed E-state index contributed by atoms with van der Waals surface area (Å²) in [4.78, 5) is 0. The molecule has 0 N–H and O–H groups in total. The van der Waals surface area contributed by atoms with Crippen molar-refractivity contribution in [1.82, 2.24) is 0 Å². The van der Waals surface area contributed by atoms with Gasteiger partial charge in [0.15, 0.2) is 0 Å². The molecule has 0 aliphatic rings. The van der Waals surface area contributed by atoms with Crippen LogP contribution in [0.4, 0.5) is 0 Å². The van der Waals surface area contributed by atoms with Crippen molar-refractivity contribution in [1.29, 1.82) is 0 Å². The summed E-state index contributed by atoms with van der Waals surface area (Å²) < 4.78 is 0. The molecule has 30 valence electrons. The summed E-state index contributed by atoms with van der Waals surface area (Å²) in [6, 6.07) is 0. The third-order valence-electron chi connectivity index (χ3n) is 0.338. The number of hydrogen-bond donors (Lipinski definition) is 0. The number of hydrogen-bond acceptors (Lipinski definition) is 0. The summed E-state index contributed by atoms with van der Waals surface area (Å²) in [5.41, 5.74) is 0. The molecule has 0 saturated carbocycles. The van der Waals surface area contributed by atoms with Crippen molar-refractivity contribution in [2.45, 2.75) is 12.8 Å². The van der Waals surface area contributed by atoms with Crippen molar-refractivity contribution in [2.24, 2.45) is 0 Å². The van der Waals surface area contributed by atoms with Gasteiger partial charge in [-0.3, -0.25) is 0 Å². The predicted molar refractivity (Wildman–Crippen MR) is 24.3 cm³/mol. The summed E-state index contributed by atoms with van der Waals surface area (Å²) in [6.45, 7) is 5.05. The maximum atomic E-state index is 5.22. The second-order valence-corrected chi connectivity index (χ2v) is 1.21. The zero-order valence-electron chi connectivity index (χ0n) is 3.08. The van der Waals surface area contributed by atoms with Gasteiger partial charge in [0.25, 0.3) is 0 Å². The van der Waals surface area contributed by atoms with E-state index in [9.17, 15) is 0 Å². The fraction of sp³-hybridized carbons (Fsp3) is 0.750. The van der Waals surface area contributed by atoms with Gasteiger partial charge in [0.05, 0.1) is 0 Å². The Morgan fingerprint density at radius 2 is 2.20 bits per heavy atom. The Balaban J connectivity index is 2.19. The number of rotatable bonds is 2. The van der Waals surface area contributed by atoms with Crippen LogP contribution in [0.3, 0.4) is 0 Å². The third-order valence-corrected chi connectivity index (χ3v) is 0.605. The largest absolute Gasteiger partial charge is 0.127 e. The zero-order valence-corrected chi connectivity index (χ0v) is 3.83. The van der Waals surface area contributed by atoms with Gasteiger partial charge in [0.1, 0.15) is 0 Å². The van der Waals surface area contributed by atoms with Gasteiger partial charge in [0, 0.05) is 5.88 Å². The van der Waals surface area contributed by atoms with Gasteiger partial charge in [-0.05, 0) is 19.8 Å². The number of unbranched alkanes of at least 4 members (excludes halogenated alkanes) is 1. The van der Waals surface area contributed by atoms with Gasteiger partial charge < -0.3 is 0 Å². The van der Waals surface area contributed by atoms with Gasteiger partial charge in [0.2, 0.25) is 0 Å². The Kier molecular flexibility index (Phi) is 4.54. The number of alkyl halides is 1. The van der Waals surface area contributed by atoms with Gasteiger partial charge in [-0.1, -0.05) is 0 Å². The van der Waals surface area contributed by atoms with Crippen LogP contribution >= 0.6 is 11.6 Å². The van der Waals surface area contributed by atoms with Crippen LogP contribution in [0, 0.1) is 6.92 Å². The third kappa shape index (κ3) is 4.29. The fourth-order valence-electron chi connectivity index (χ4n) is 0.0772. The zero-order chi connectivity index (χ0) is 4.12. The summed E-state index contributed by atoms with van der Waals surface area (Å²) in [6.07, 6.45) is 1.64. The van der Waals surface area contributed by atoms with Gasteiger partial charge in [-0.2, -0.15) is 0 Å². The Morgan fingerprint density at radius 1 is 1.60 bits per heavy atom. The molecule has 0 aliphatic heterocycles. The monoisotopic (exact) mass is 90.0 g/mol. The molecular formula is C4H7Cl. The highest BCUT2D eigenvalue weighted by Gasteiger charge is 1.70. The molecule has 0 fully saturated rings. The molecule has 1 heteroatoms. The van der Waals surface area contributed by atoms with Crippen LogP contribution in [0.2, 0.25) is 0 Å². The molecule has 5 heavy (non-hydrogen) atoms. The first-order valence-electron chi connectivity index (χ1n) is 1.68. The van der Waals surface area contributed by atoms with Gasteiger partial charge in [-0.15, -0.1) is 11.6 Å². The molecule has 0 spiro atoms. The van der Waals surface area contributed by atoms with Gasteiger partial charge in [-0.25, -0.2) is 0 Å². The Hall–Kier alpha value is 0.290. The molecule has 0 saturated heterocycles. The van der Waals surface area contributed by atoms with Crippen LogP contribution in [0.5, 0.6) is 0 Å². The second kappa shape index (κ2) is 4.29. The van der Waals surface area contributed by atoms with Crippen LogP contribution in [0.25, 0.3) is 0 Å². The van der Waals surface area contributed by atoms with E-state index in [4.69, 9.17) is 18.5 Å². The van der Waals surface area contributed by atoms with E-state index in [1.165, 1.54) is 0 Å². The first-order chi connectivity index (χ1) is 2.41. The molecule has 0 heterocycles. The molecule has 0 unspecified atom stereocenters. The minimum Gasteiger partial charge on any atom is -0.127 e. The first kappa shape index (κ1) is 5.29. The Bertz CT molecular complexity index is 11.1. The fourth-order valence-corrected chi connectivity index (χ4v) is 0.231. The molecule has 2 radical (unpaired) electrons. The maximum Gasteiger partial charge on any atom is 0.0223 e. The molecule has 0 nitrogen and oxygen atoms in total. The molecular weight excluding hydrogens is 83.5 g/mol. The van der Waals surface area contributed by atoms with Crippen LogP contribution < -0.4 is 0 Å². The molecule has 0 bridgehead atoms. The summed E-state index contributed by atoms with van der Waals surface area (Å²) in [5, 5.41) is 0. The lowest BCUT2D eigenvalue weighted by molar-refractivity contribution is 0.964. The van der Waals surface area contributed by atoms with Crippen molar-refractivity contribution in [3.63, 3.8) is 0 Å². The molecule has 0 aliphatic carbocycles. The average molecular weight is 90.6 g/mol. The Morgan fingerprint density at radius 3 is 2.20 bits per heavy atom. The molecule has 0 rings (SSSR count). The highest BCUT2D eigenvalue weighted by molar-refractivity contribution is 6.17. The highest BCUT2D eigenvalue weighted by Crippen LogP contribution is 1.86. The quantitative estimate of drug-likeness (QED) is 0.453. The molecule has 0 amide bonds. The summed E-state index contributed by atoms with van der Waals surface area (Å²) >= 11 is 5.22. The first-order valence-corrected chi connectivity index (χ1v) is 2.21. The summed E-state index contributed by atoms with van der Waals surface area (Å²) in [5.74, 6) is 0.691. The van der Waals surface area contributed by atoms with E-state index in [1.54, 1.807) is 0 Å². The lowest BCUT2D eigenvalue weighted by Gasteiger charge is -1.77. The highest BCUT2D eigenvalue weighted by atomic mass is 35.5. The summed E-state index contributed by atoms with van der Waals surface area (Å²) in [7, 11) is 0. The lowest BCUT2D eigenvalue weighted by Crippen LogP contribution is -1.65. The SMILES string of the molecule is [CH]CCCCl. The second-order valence-electron chi connectivity index (χ2n) is 0.831. The normalized spacial score (nSPS) is 8.40. The van der Waals surface area contributed by atoms with Gasteiger partial charge >= 0.3 is 0 Å². The molecule has 0 aromatic carbocycles. The number of halogens is 1. The minimum atomic E-state index is 0.691. The van der Waals surface area contributed by atoms with Crippen molar-refractivity contribution < 1.29 is 0 Å². The van der Waals surface area contributed by atoms with Crippen LogP contribution in [0.15, 0.2) is 0 Å². The van der Waals surface area contributed by atoms with E-state index < -0.39 is 0 Å². The van der Waals surface area contributed by atoms with E-state index in [0.717, 1.165) is 6.42 Å². The smallest absolute Gasteiger partial charge is 0.0223 e. The van der Waals surface area contributed by atoms with Crippen molar-refractivity contribution in [3.05, 3.63) is 6.92 Å². The standard InChI is InChI=1S/C4H7Cl/c1-2-3-4-5/h1H,2-4H2. The molecule has 0 aromatic rings. The van der Waals surface area contributed by atoms with E-state index >= 15 is 0 Å². The van der Waals surface area contributed by atoms with Crippen LogP contribution in [-0.2, 0) is 0 Å². The average Bonchev–Trinajstić information content (AvgIpc) is 1.41. The van der Waals surface area contributed by atoms with Crippen molar-refractivity contribution in [3.8, 4) is 0 Å². The van der Waals surface area contributed by atoms with Crippen LogP contribution in [0.1, 0.15) is 12.8 Å². The van der Waals surface area contributed by atoms with Crippen molar-refractivity contribution >= 4 is 11.6 Å².